The van der Waals surface area contributed by atoms with E-state index < -0.39 is 5.41 Å². The highest BCUT2D eigenvalue weighted by atomic mass is 32.2. The van der Waals surface area contributed by atoms with Crippen molar-refractivity contribution in [3.8, 4) is 27.9 Å². The van der Waals surface area contributed by atoms with Crippen LogP contribution in [0.3, 0.4) is 0 Å². The standard InChI is InChI=1S/C47H29NS/c1-2-12-30(13-3-1)31-22-25-33(26-23-31)48-44-34-15-5-4-14-32(34)24-27-37(44)38-28-29-42-46(45(38)48)49-43-21-11-10-20-41(43)47(42)39-18-8-6-16-35(39)36-17-7-9-19-40(36)47/h1-29H. The third-order valence-corrected chi connectivity index (χ3v) is 12.1. The van der Waals surface area contributed by atoms with Crippen LogP contribution >= 0.6 is 11.8 Å². The van der Waals surface area contributed by atoms with Crippen LogP contribution in [0.1, 0.15) is 22.3 Å². The summed E-state index contributed by atoms with van der Waals surface area (Å²) in [7, 11) is 0. The van der Waals surface area contributed by atoms with Crippen LogP contribution < -0.4 is 0 Å². The van der Waals surface area contributed by atoms with Crippen LogP contribution in [0.15, 0.2) is 186 Å². The first-order chi connectivity index (χ1) is 24.3. The summed E-state index contributed by atoms with van der Waals surface area (Å²) in [6, 6.07) is 65.4. The van der Waals surface area contributed by atoms with E-state index in [2.05, 4.69) is 180 Å². The zero-order chi connectivity index (χ0) is 32.1. The first kappa shape index (κ1) is 27.2. The zero-order valence-electron chi connectivity index (χ0n) is 26.6. The van der Waals surface area contributed by atoms with Gasteiger partial charge in [-0.1, -0.05) is 169 Å². The van der Waals surface area contributed by atoms with Crippen LogP contribution in [0.4, 0.5) is 0 Å². The molecule has 0 N–H and O–H groups in total. The molecule has 2 aliphatic rings. The van der Waals surface area contributed by atoms with Crippen molar-refractivity contribution in [2.45, 2.75) is 15.2 Å². The molecule has 0 amide bonds. The van der Waals surface area contributed by atoms with Crippen molar-refractivity contribution >= 4 is 44.3 Å². The van der Waals surface area contributed by atoms with Gasteiger partial charge in [0.1, 0.15) is 0 Å². The maximum Gasteiger partial charge on any atom is 0.0736 e. The fourth-order valence-electron chi connectivity index (χ4n) is 8.86. The largest absolute Gasteiger partial charge is 0.307 e. The van der Waals surface area contributed by atoms with Crippen molar-refractivity contribution in [3.63, 3.8) is 0 Å². The fourth-order valence-corrected chi connectivity index (χ4v) is 10.2. The minimum Gasteiger partial charge on any atom is -0.307 e. The Morgan fingerprint density at radius 3 is 1.76 bits per heavy atom. The van der Waals surface area contributed by atoms with Crippen molar-refractivity contribution in [3.05, 3.63) is 198 Å². The second-order valence-electron chi connectivity index (χ2n) is 13.2. The Bertz CT molecular complexity index is 2740. The third kappa shape index (κ3) is 3.56. The van der Waals surface area contributed by atoms with E-state index in [1.165, 1.54) is 92.6 Å². The summed E-state index contributed by atoms with van der Waals surface area (Å²) in [6.45, 7) is 0. The molecule has 1 aliphatic carbocycles. The van der Waals surface area contributed by atoms with Gasteiger partial charge in [-0.3, -0.25) is 0 Å². The SMILES string of the molecule is c1ccc(-c2ccc(-n3c4c5c(ccc4c4ccc6ccccc6c43)C3(c4ccccc4S5)c4ccccc4-c4ccccc43)cc2)cc1. The van der Waals surface area contributed by atoms with Crippen LogP contribution in [0.5, 0.6) is 0 Å². The molecule has 0 fully saturated rings. The Morgan fingerprint density at radius 1 is 0.388 bits per heavy atom. The topological polar surface area (TPSA) is 4.93 Å². The summed E-state index contributed by atoms with van der Waals surface area (Å²) in [6.07, 6.45) is 0. The lowest BCUT2D eigenvalue weighted by Gasteiger charge is -2.40. The molecule has 9 aromatic rings. The summed E-state index contributed by atoms with van der Waals surface area (Å²) in [5, 5.41) is 5.09. The number of rotatable bonds is 2. The van der Waals surface area contributed by atoms with Crippen molar-refractivity contribution < 1.29 is 0 Å². The molecule has 0 saturated carbocycles. The number of hydrogen-bond donors (Lipinski definition) is 0. The second-order valence-corrected chi connectivity index (χ2v) is 14.3. The van der Waals surface area contributed by atoms with E-state index in [0.29, 0.717) is 0 Å². The third-order valence-electron chi connectivity index (χ3n) is 10.9. The molecule has 0 unspecified atom stereocenters. The highest BCUT2D eigenvalue weighted by Gasteiger charge is 2.50. The number of hydrogen-bond acceptors (Lipinski definition) is 1. The minimum absolute atomic E-state index is 0.418. The van der Waals surface area contributed by atoms with Crippen LogP contribution in [0.2, 0.25) is 0 Å². The smallest absolute Gasteiger partial charge is 0.0736 e. The molecule has 2 heteroatoms. The van der Waals surface area contributed by atoms with E-state index in [4.69, 9.17) is 0 Å². The minimum atomic E-state index is -0.418. The number of aromatic nitrogens is 1. The van der Waals surface area contributed by atoms with Gasteiger partial charge in [0.05, 0.1) is 16.4 Å². The molecular weight excluding hydrogens is 611 g/mol. The number of benzene rings is 8. The van der Waals surface area contributed by atoms with Crippen molar-refractivity contribution in [1.82, 2.24) is 4.57 Å². The highest BCUT2D eigenvalue weighted by molar-refractivity contribution is 7.99. The first-order valence-corrected chi connectivity index (χ1v) is 17.8. The van der Waals surface area contributed by atoms with Gasteiger partial charge in [-0.2, -0.15) is 0 Å². The fraction of sp³-hybridized carbons (Fsp3) is 0.0213. The van der Waals surface area contributed by atoms with Gasteiger partial charge in [-0.15, -0.1) is 0 Å². The maximum atomic E-state index is 2.56. The van der Waals surface area contributed by atoms with Gasteiger partial charge in [-0.05, 0) is 68.1 Å². The molecule has 0 bridgehead atoms. The van der Waals surface area contributed by atoms with Crippen LogP contribution in [-0.2, 0) is 5.41 Å². The molecule has 1 spiro atoms. The lowest BCUT2D eigenvalue weighted by molar-refractivity contribution is 0.724. The van der Waals surface area contributed by atoms with Gasteiger partial charge in [0.25, 0.3) is 0 Å². The average molecular weight is 640 g/mol. The van der Waals surface area contributed by atoms with Gasteiger partial charge in [0.15, 0.2) is 0 Å². The molecule has 2 heterocycles. The van der Waals surface area contributed by atoms with E-state index in [1.54, 1.807) is 0 Å². The molecule has 0 radical (unpaired) electrons. The van der Waals surface area contributed by atoms with Crippen molar-refractivity contribution in [1.29, 1.82) is 0 Å². The Morgan fingerprint density at radius 2 is 0.980 bits per heavy atom. The van der Waals surface area contributed by atoms with Gasteiger partial charge in [-0.25, -0.2) is 0 Å². The van der Waals surface area contributed by atoms with Crippen molar-refractivity contribution in [2.75, 3.05) is 0 Å². The molecule has 1 aliphatic heterocycles. The van der Waals surface area contributed by atoms with E-state index in [-0.39, 0.29) is 0 Å². The van der Waals surface area contributed by atoms with E-state index >= 15 is 0 Å². The quantitative estimate of drug-likeness (QED) is 0.182. The zero-order valence-corrected chi connectivity index (χ0v) is 27.4. The lowest BCUT2D eigenvalue weighted by atomic mass is 9.67. The Kier molecular flexibility index (Phi) is 5.59. The average Bonchev–Trinajstić information content (AvgIpc) is 3.67. The van der Waals surface area contributed by atoms with Crippen LogP contribution in [0.25, 0.3) is 60.5 Å². The predicted molar refractivity (Wildman–Crippen MR) is 205 cm³/mol. The molecule has 0 atom stereocenters. The summed E-state index contributed by atoms with van der Waals surface area (Å²) in [5.74, 6) is 0. The molecular formula is C47H29NS. The van der Waals surface area contributed by atoms with Gasteiger partial charge in [0, 0.05) is 31.6 Å². The monoisotopic (exact) mass is 639 g/mol. The van der Waals surface area contributed by atoms with Gasteiger partial charge < -0.3 is 4.57 Å². The van der Waals surface area contributed by atoms with E-state index in [1.807, 2.05) is 11.8 Å². The first-order valence-electron chi connectivity index (χ1n) is 16.9. The highest BCUT2D eigenvalue weighted by Crippen LogP contribution is 2.63. The van der Waals surface area contributed by atoms with E-state index in [0.717, 1.165) is 0 Å². The molecule has 8 aromatic carbocycles. The molecule has 1 aromatic heterocycles. The molecule has 1 nitrogen and oxygen atoms in total. The summed E-state index contributed by atoms with van der Waals surface area (Å²) >= 11 is 1.93. The molecule has 0 saturated heterocycles. The summed E-state index contributed by atoms with van der Waals surface area (Å²) in [4.78, 5) is 2.64. The van der Waals surface area contributed by atoms with Crippen LogP contribution in [-0.4, -0.2) is 4.57 Å². The second kappa shape index (κ2) is 10.1. The number of nitrogens with zero attached hydrogens (tertiary/aromatic N) is 1. The Labute approximate surface area is 289 Å². The molecule has 11 rings (SSSR count). The lowest BCUT2D eigenvalue weighted by Crippen LogP contribution is -2.32. The van der Waals surface area contributed by atoms with Crippen molar-refractivity contribution in [2.24, 2.45) is 0 Å². The van der Waals surface area contributed by atoms with Gasteiger partial charge >= 0.3 is 0 Å². The predicted octanol–water partition coefficient (Wildman–Crippen LogP) is 12.4. The number of fused-ring (bicyclic) bond motifs is 15. The van der Waals surface area contributed by atoms with E-state index in [9.17, 15) is 0 Å². The summed E-state index contributed by atoms with van der Waals surface area (Å²) < 4.78 is 2.56. The Balaban J connectivity index is 1.30. The van der Waals surface area contributed by atoms with Crippen LogP contribution in [0, 0.1) is 0 Å². The normalized spacial score (nSPS) is 13.8. The molecule has 49 heavy (non-hydrogen) atoms. The summed E-state index contributed by atoms with van der Waals surface area (Å²) in [5.41, 5.74) is 13.8. The maximum absolute atomic E-state index is 2.56. The molecule has 228 valence electrons. The van der Waals surface area contributed by atoms with Gasteiger partial charge in [0.2, 0.25) is 0 Å². The Hall–Kier alpha value is -5.83.